The van der Waals surface area contributed by atoms with Crippen molar-refractivity contribution in [3.05, 3.63) is 60.8 Å². The summed E-state index contributed by atoms with van der Waals surface area (Å²) in [5.41, 5.74) is 0. The zero-order valence-corrected chi connectivity index (χ0v) is 38.0. The molecule has 0 saturated heterocycles. The number of hydrogen-bond donors (Lipinski definition) is 5. The maximum Gasteiger partial charge on any atom is 0.472 e. The molecule has 0 aromatic carbocycles. The van der Waals surface area contributed by atoms with Crippen molar-refractivity contribution >= 4 is 27.6 Å². The molecule has 0 radical (unpaired) electrons. The van der Waals surface area contributed by atoms with Gasteiger partial charge in [0.1, 0.15) is 12.7 Å². The minimum Gasteiger partial charge on any atom is -0.462 e. The fraction of sp³-hybridized carbons (Fsp3) is 0.727. The normalized spacial score (nSPS) is 14.6. The lowest BCUT2D eigenvalue weighted by Crippen LogP contribution is -2.30. The van der Waals surface area contributed by atoms with Crippen LogP contribution in [0.25, 0.3) is 0 Å². The molecule has 1 unspecified atom stereocenters. The van der Waals surface area contributed by atoms with Crippen LogP contribution in [0.5, 0.6) is 0 Å². The van der Waals surface area contributed by atoms with Crippen LogP contribution in [0, 0.1) is 0 Å². The maximum atomic E-state index is 12.7. The van der Waals surface area contributed by atoms with Crippen molar-refractivity contribution in [1.29, 1.82) is 0 Å². The number of carbonyl (C=O) groups is 2. The van der Waals surface area contributed by atoms with Crippen molar-refractivity contribution in [2.45, 2.75) is 173 Å². The van der Waals surface area contributed by atoms with Crippen LogP contribution in [0.1, 0.15) is 161 Å². The zero-order chi connectivity index (χ0) is 44.4. The minimum absolute atomic E-state index is 0.102. The average molecular weight is 893 g/mol. The monoisotopic (exact) mass is 892 g/mol. The summed E-state index contributed by atoms with van der Waals surface area (Å²) in [6.07, 6.45) is 40.9. The summed E-state index contributed by atoms with van der Waals surface area (Å²) in [5.74, 6) is -1.12. The molecule has 16 heteroatoms. The fourth-order valence-corrected chi connectivity index (χ4v) is 6.70. The van der Waals surface area contributed by atoms with E-state index >= 15 is 0 Å². The van der Waals surface area contributed by atoms with Crippen molar-refractivity contribution in [2.75, 3.05) is 33.0 Å². The van der Waals surface area contributed by atoms with Crippen molar-refractivity contribution in [3.63, 3.8) is 0 Å². The van der Waals surface area contributed by atoms with Crippen LogP contribution >= 0.6 is 15.6 Å². The molecule has 0 spiro atoms. The van der Waals surface area contributed by atoms with Crippen molar-refractivity contribution in [1.82, 2.24) is 0 Å². The Morgan fingerprint density at radius 3 is 1.50 bits per heavy atom. The fourth-order valence-electron chi connectivity index (χ4n) is 5.55. The highest BCUT2D eigenvalue weighted by atomic mass is 31.2. The number of esters is 2. The third kappa shape index (κ3) is 43.9. The minimum atomic E-state index is -4.87. The molecule has 0 aromatic rings. The second-order valence-corrected chi connectivity index (χ2v) is 17.4. The van der Waals surface area contributed by atoms with Gasteiger partial charge in [-0.25, -0.2) is 9.13 Å². The highest BCUT2D eigenvalue weighted by Crippen LogP contribution is 2.43. The van der Waals surface area contributed by atoms with Gasteiger partial charge in [0.25, 0.3) is 0 Å². The third-order valence-electron chi connectivity index (χ3n) is 8.92. The van der Waals surface area contributed by atoms with E-state index in [1.807, 2.05) is 12.2 Å². The molecule has 0 bridgehead atoms. The molecular formula is C44H78O14P2. The average Bonchev–Trinajstić information content (AvgIpc) is 3.21. The van der Waals surface area contributed by atoms with Gasteiger partial charge in [0.2, 0.25) is 0 Å². The van der Waals surface area contributed by atoms with Crippen LogP contribution in [0.15, 0.2) is 60.8 Å². The Hall–Kier alpha value is -2.22. The standard InChI is InChI=1S/C44H78O14P2/c1-2-3-4-5-6-7-8-9-13-17-20-23-26-29-32-35-44(48)58-42(40-57-60(52,53)56-38-41(46)37-55-59(49,50)51)39-54-43(47)34-31-28-25-22-19-16-14-11-10-12-15-18-21-24-27-30-33-36-45/h9-10,12-14,16,18,21-22,25,41-42,45-46H,2-8,11,15,17,19-20,23-24,26-40H2,1H3,(H,52,53)(H2,49,50,51)/b12-10-,13-9-,16-14-,21-18-,25-22-/t41-,42+/m0/s1. The van der Waals surface area contributed by atoms with Crippen LogP contribution in [-0.2, 0) is 41.8 Å². The van der Waals surface area contributed by atoms with E-state index in [0.29, 0.717) is 19.3 Å². The van der Waals surface area contributed by atoms with Gasteiger partial charge in [-0.15, -0.1) is 0 Å². The Labute approximate surface area is 360 Å². The van der Waals surface area contributed by atoms with Gasteiger partial charge < -0.3 is 34.4 Å². The number of phosphoric acid groups is 2. The van der Waals surface area contributed by atoms with Crippen LogP contribution < -0.4 is 0 Å². The molecule has 5 N–H and O–H groups in total. The first-order valence-corrected chi connectivity index (χ1v) is 25.1. The lowest BCUT2D eigenvalue weighted by Gasteiger charge is -2.20. The van der Waals surface area contributed by atoms with E-state index < -0.39 is 66.2 Å². The smallest absolute Gasteiger partial charge is 0.462 e. The number of unbranched alkanes of at least 4 members (excludes halogenated alkanes) is 15. The molecule has 0 heterocycles. The van der Waals surface area contributed by atoms with E-state index in [9.17, 15) is 28.7 Å². The van der Waals surface area contributed by atoms with Crippen LogP contribution in [0.2, 0.25) is 0 Å². The molecule has 348 valence electrons. The van der Waals surface area contributed by atoms with E-state index in [-0.39, 0.29) is 19.4 Å². The summed E-state index contributed by atoms with van der Waals surface area (Å²) in [6.45, 7) is -0.317. The van der Waals surface area contributed by atoms with Crippen LogP contribution in [0.4, 0.5) is 0 Å². The topological polar surface area (TPSA) is 216 Å². The summed E-state index contributed by atoms with van der Waals surface area (Å²) in [7, 11) is -9.70. The van der Waals surface area contributed by atoms with Crippen molar-refractivity contribution in [3.8, 4) is 0 Å². The largest absolute Gasteiger partial charge is 0.472 e. The predicted molar refractivity (Wildman–Crippen MR) is 236 cm³/mol. The number of hydrogen-bond acceptors (Lipinski definition) is 11. The molecule has 60 heavy (non-hydrogen) atoms. The van der Waals surface area contributed by atoms with Gasteiger partial charge in [-0.05, 0) is 83.5 Å². The molecular weight excluding hydrogens is 814 g/mol. The van der Waals surface area contributed by atoms with Crippen molar-refractivity contribution < 1.29 is 66.7 Å². The van der Waals surface area contributed by atoms with E-state index in [4.69, 9.17) is 28.9 Å². The van der Waals surface area contributed by atoms with E-state index in [1.165, 1.54) is 38.5 Å². The summed E-state index contributed by atoms with van der Waals surface area (Å²) in [4.78, 5) is 52.7. The van der Waals surface area contributed by atoms with Crippen molar-refractivity contribution in [2.24, 2.45) is 0 Å². The SMILES string of the molecule is CCCCCCCC/C=C\CCCCCCCC(=O)O[C@H](COC(=O)CCC/C=C\C/C=C\C/C=C\C/C=C\CCCCCO)COP(=O)(O)OC[C@@H](O)COP(=O)(O)O. The first-order chi connectivity index (χ1) is 28.9. The molecule has 0 saturated carbocycles. The van der Waals surface area contributed by atoms with E-state index in [0.717, 1.165) is 83.5 Å². The highest BCUT2D eigenvalue weighted by Gasteiger charge is 2.28. The molecule has 0 aliphatic heterocycles. The summed E-state index contributed by atoms with van der Waals surface area (Å²) in [5, 5.41) is 18.5. The Balaban J connectivity index is 4.61. The van der Waals surface area contributed by atoms with Gasteiger partial charge in [0, 0.05) is 19.4 Å². The number of aliphatic hydroxyl groups is 2. The van der Waals surface area contributed by atoms with Gasteiger partial charge in [-0.3, -0.25) is 23.2 Å². The third-order valence-corrected chi connectivity index (χ3v) is 10.4. The Morgan fingerprint density at radius 1 is 0.517 bits per heavy atom. The van der Waals surface area contributed by atoms with Crippen LogP contribution in [-0.4, -0.2) is 82.1 Å². The molecule has 3 atom stereocenters. The van der Waals surface area contributed by atoms with E-state index in [2.05, 4.69) is 64.6 Å². The number of phosphoric ester groups is 2. The molecule has 14 nitrogen and oxygen atoms in total. The Kier molecular flexibility index (Phi) is 39.3. The first-order valence-electron chi connectivity index (χ1n) is 22.1. The Bertz CT molecular complexity index is 1290. The summed E-state index contributed by atoms with van der Waals surface area (Å²) >= 11 is 0. The zero-order valence-electron chi connectivity index (χ0n) is 36.2. The predicted octanol–water partition coefficient (Wildman–Crippen LogP) is 10.2. The Morgan fingerprint density at radius 2 is 0.950 bits per heavy atom. The summed E-state index contributed by atoms with van der Waals surface area (Å²) in [6, 6.07) is 0. The molecule has 0 aliphatic rings. The number of carbonyl (C=O) groups excluding carboxylic acids is 2. The molecule has 0 rings (SSSR count). The second-order valence-electron chi connectivity index (χ2n) is 14.7. The maximum absolute atomic E-state index is 12.7. The van der Waals surface area contributed by atoms with Crippen LogP contribution in [0.3, 0.4) is 0 Å². The molecule has 0 fully saturated rings. The second kappa shape index (κ2) is 40.8. The number of ether oxygens (including phenoxy) is 2. The van der Waals surface area contributed by atoms with Gasteiger partial charge in [0.05, 0.1) is 19.8 Å². The number of rotatable bonds is 42. The highest BCUT2D eigenvalue weighted by molar-refractivity contribution is 7.47. The molecule has 0 aromatic heterocycles. The lowest BCUT2D eigenvalue weighted by atomic mass is 10.1. The first kappa shape index (κ1) is 57.8. The molecule has 0 aliphatic carbocycles. The number of allylic oxidation sites excluding steroid dienone is 10. The summed E-state index contributed by atoms with van der Waals surface area (Å²) < 4.78 is 47.7. The quantitative estimate of drug-likeness (QED) is 0.0167. The van der Waals surface area contributed by atoms with Gasteiger partial charge in [-0.1, -0.05) is 125 Å². The van der Waals surface area contributed by atoms with Gasteiger partial charge >= 0.3 is 27.6 Å². The van der Waals surface area contributed by atoms with Gasteiger partial charge in [-0.2, -0.15) is 0 Å². The lowest BCUT2D eigenvalue weighted by molar-refractivity contribution is -0.161. The molecule has 0 amide bonds. The number of aliphatic hydroxyl groups excluding tert-OH is 2. The van der Waals surface area contributed by atoms with E-state index in [1.54, 1.807) is 0 Å². The van der Waals surface area contributed by atoms with Gasteiger partial charge in [0.15, 0.2) is 6.10 Å².